The van der Waals surface area contributed by atoms with Crippen molar-refractivity contribution in [1.29, 1.82) is 0 Å². The summed E-state index contributed by atoms with van der Waals surface area (Å²) < 4.78 is 22.4. The second-order valence-corrected chi connectivity index (χ2v) is 6.22. The van der Waals surface area contributed by atoms with Gasteiger partial charge < -0.3 is 10.6 Å². The zero-order valence-electron chi connectivity index (χ0n) is 10.8. The Hall–Kier alpha value is -1.15. The van der Waals surface area contributed by atoms with E-state index in [4.69, 9.17) is 10.9 Å². The standard InChI is InChI=1S/C12H20N4O2S/c13-5-6-15-7-9-16(10-8-15)11-1-3-12(4-2-11)19(14,17)18/h1-4H,5-10,13H2,(H2,14,17,18). The molecule has 0 unspecified atom stereocenters. The molecule has 1 aromatic rings. The van der Waals surface area contributed by atoms with Gasteiger partial charge in [0, 0.05) is 45.0 Å². The van der Waals surface area contributed by atoms with Crippen LogP contribution in [0.3, 0.4) is 0 Å². The first-order valence-corrected chi connectivity index (χ1v) is 7.85. The van der Waals surface area contributed by atoms with E-state index in [0.717, 1.165) is 38.4 Å². The molecule has 2 rings (SSSR count). The first-order chi connectivity index (χ1) is 9.00. The number of primary sulfonamides is 1. The van der Waals surface area contributed by atoms with Gasteiger partial charge in [-0.05, 0) is 24.3 Å². The largest absolute Gasteiger partial charge is 0.369 e. The minimum Gasteiger partial charge on any atom is -0.369 e. The molecule has 1 aliphatic heterocycles. The molecular formula is C12H20N4O2S. The van der Waals surface area contributed by atoms with Crippen LogP contribution in [0, 0.1) is 0 Å². The molecule has 1 heterocycles. The van der Waals surface area contributed by atoms with Gasteiger partial charge in [-0.1, -0.05) is 0 Å². The lowest BCUT2D eigenvalue weighted by Crippen LogP contribution is -2.47. The van der Waals surface area contributed by atoms with Gasteiger partial charge in [-0.15, -0.1) is 0 Å². The lowest BCUT2D eigenvalue weighted by Gasteiger charge is -2.35. The fourth-order valence-corrected chi connectivity index (χ4v) is 2.77. The van der Waals surface area contributed by atoms with Crippen molar-refractivity contribution in [3.05, 3.63) is 24.3 Å². The zero-order valence-corrected chi connectivity index (χ0v) is 11.6. The number of piperazine rings is 1. The Bertz CT molecular complexity index is 507. The van der Waals surface area contributed by atoms with E-state index in [0.29, 0.717) is 6.54 Å². The van der Waals surface area contributed by atoms with E-state index < -0.39 is 10.0 Å². The molecule has 1 aromatic carbocycles. The highest BCUT2D eigenvalue weighted by atomic mass is 32.2. The van der Waals surface area contributed by atoms with Gasteiger partial charge in [0.25, 0.3) is 0 Å². The Labute approximate surface area is 114 Å². The van der Waals surface area contributed by atoms with Crippen LogP contribution in [0.4, 0.5) is 5.69 Å². The molecule has 19 heavy (non-hydrogen) atoms. The average molecular weight is 284 g/mol. The summed E-state index contributed by atoms with van der Waals surface area (Å²) in [5, 5.41) is 5.08. The molecular weight excluding hydrogens is 264 g/mol. The van der Waals surface area contributed by atoms with Gasteiger partial charge in [-0.25, -0.2) is 13.6 Å². The van der Waals surface area contributed by atoms with Crippen LogP contribution in [0.2, 0.25) is 0 Å². The predicted molar refractivity (Wildman–Crippen MR) is 75.5 cm³/mol. The van der Waals surface area contributed by atoms with Crippen LogP contribution in [0.15, 0.2) is 29.2 Å². The van der Waals surface area contributed by atoms with Gasteiger partial charge in [-0.2, -0.15) is 0 Å². The third kappa shape index (κ3) is 3.66. The van der Waals surface area contributed by atoms with Gasteiger partial charge in [0.1, 0.15) is 0 Å². The van der Waals surface area contributed by atoms with E-state index in [1.54, 1.807) is 24.3 Å². The topological polar surface area (TPSA) is 92.7 Å². The van der Waals surface area contributed by atoms with Crippen molar-refractivity contribution in [2.75, 3.05) is 44.2 Å². The first kappa shape index (κ1) is 14.3. The third-order valence-corrected chi connectivity index (χ3v) is 4.28. The molecule has 1 fully saturated rings. The highest BCUT2D eigenvalue weighted by Crippen LogP contribution is 2.18. The van der Waals surface area contributed by atoms with Gasteiger partial charge in [-0.3, -0.25) is 4.90 Å². The Balaban J connectivity index is 2.00. The molecule has 0 spiro atoms. The van der Waals surface area contributed by atoms with Gasteiger partial charge in [0.05, 0.1) is 4.90 Å². The minimum absolute atomic E-state index is 0.151. The second kappa shape index (κ2) is 5.87. The molecule has 0 radical (unpaired) electrons. The molecule has 0 saturated carbocycles. The maximum Gasteiger partial charge on any atom is 0.238 e. The monoisotopic (exact) mass is 284 g/mol. The van der Waals surface area contributed by atoms with Crippen LogP contribution < -0.4 is 15.8 Å². The SMILES string of the molecule is NCCN1CCN(c2ccc(S(N)(=O)=O)cc2)CC1. The summed E-state index contributed by atoms with van der Waals surface area (Å²) >= 11 is 0. The van der Waals surface area contributed by atoms with Gasteiger partial charge in [0.2, 0.25) is 10.0 Å². The molecule has 7 heteroatoms. The number of sulfonamides is 1. The van der Waals surface area contributed by atoms with Gasteiger partial charge in [0.15, 0.2) is 0 Å². The van der Waals surface area contributed by atoms with Crippen molar-refractivity contribution < 1.29 is 8.42 Å². The van der Waals surface area contributed by atoms with Crippen molar-refractivity contribution in [2.24, 2.45) is 10.9 Å². The van der Waals surface area contributed by atoms with E-state index in [-0.39, 0.29) is 4.90 Å². The zero-order chi connectivity index (χ0) is 13.9. The van der Waals surface area contributed by atoms with E-state index in [1.165, 1.54) is 0 Å². The number of hydrogen-bond acceptors (Lipinski definition) is 5. The average Bonchev–Trinajstić information content (AvgIpc) is 2.39. The van der Waals surface area contributed by atoms with Crippen molar-refractivity contribution >= 4 is 15.7 Å². The molecule has 0 aromatic heterocycles. The maximum absolute atomic E-state index is 11.2. The maximum atomic E-state index is 11.2. The van der Waals surface area contributed by atoms with Crippen LogP contribution in [-0.4, -0.2) is 52.6 Å². The molecule has 0 aliphatic carbocycles. The quantitative estimate of drug-likeness (QED) is 0.771. The first-order valence-electron chi connectivity index (χ1n) is 6.31. The van der Waals surface area contributed by atoms with Gasteiger partial charge >= 0.3 is 0 Å². The Morgan fingerprint density at radius 1 is 1.05 bits per heavy atom. The highest BCUT2D eigenvalue weighted by Gasteiger charge is 2.17. The second-order valence-electron chi connectivity index (χ2n) is 4.66. The van der Waals surface area contributed by atoms with Crippen molar-refractivity contribution in [2.45, 2.75) is 4.90 Å². The molecule has 1 saturated heterocycles. The van der Waals surface area contributed by atoms with Crippen LogP contribution in [0.5, 0.6) is 0 Å². The summed E-state index contributed by atoms with van der Waals surface area (Å²) in [7, 11) is -3.61. The fraction of sp³-hybridized carbons (Fsp3) is 0.500. The number of benzene rings is 1. The Morgan fingerprint density at radius 3 is 2.11 bits per heavy atom. The molecule has 6 nitrogen and oxygen atoms in total. The van der Waals surface area contributed by atoms with Crippen LogP contribution >= 0.6 is 0 Å². The predicted octanol–water partition coefficient (Wildman–Crippen LogP) is -0.585. The number of nitrogens with two attached hydrogens (primary N) is 2. The summed E-state index contributed by atoms with van der Waals surface area (Å²) in [6, 6.07) is 6.71. The number of rotatable bonds is 4. The summed E-state index contributed by atoms with van der Waals surface area (Å²) in [4.78, 5) is 4.72. The van der Waals surface area contributed by atoms with Crippen LogP contribution in [-0.2, 0) is 10.0 Å². The number of hydrogen-bond donors (Lipinski definition) is 2. The fourth-order valence-electron chi connectivity index (χ4n) is 2.26. The summed E-state index contributed by atoms with van der Waals surface area (Å²) in [6.07, 6.45) is 0. The van der Waals surface area contributed by atoms with Crippen LogP contribution in [0.1, 0.15) is 0 Å². The molecule has 0 bridgehead atoms. The van der Waals surface area contributed by atoms with Crippen molar-refractivity contribution in [3.8, 4) is 0 Å². The molecule has 1 aliphatic rings. The minimum atomic E-state index is -3.61. The number of anilines is 1. The summed E-state index contributed by atoms with van der Waals surface area (Å²) in [5.41, 5.74) is 6.57. The normalized spacial score (nSPS) is 17.7. The highest BCUT2D eigenvalue weighted by molar-refractivity contribution is 7.89. The van der Waals surface area contributed by atoms with E-state index in [1.807, 2.05) is 0 Å². The Morgan fingerprint density at radius 2 is 1.63 bits per heavy atom. The summed E-state index contributed by atoms with van der Waals surface area (Å²) in [5.74, 6) is 0. The van der Waals surface area contributed by atoms with Crippen LogP contribution in [0.25, 0.3) is 0 Å². The Kier molecular flexibility index (Phi) is 4.41. The third-order valence-electron chi connectivity index (χ3n) is 3.35. The smallest absolute Gasteiger partial charge is 0.238 e. The van der Waals surface area contributed by atoms with E-state index in [2.05, 4.69) is 9.80 Å². The lowest BCUT2D eigenvalue weighted by molar-refractivity contribution is 0.265. The molecule has 0 amide bonds. The van der Waals surface area contributed by atoms with E-state index >= 15 is 0 Å². The lowest BCUT2D eigenvalue weighted by atomic mass is 10.2. The van der Waals surface area contributed by atoms with Crippen molar-refractivity contribution in [3.63, 3.8) is 0 Å². The number of nitrogens with zero attached hydrogens (tertiary/aromatic N) is 2. The molecule has 0 atom stereocenters. The molecule has 106 valence electrons. The summed E-state index contributed by atoms with van der Waals surface area (Å²) in [6.45, 7) is 5.42. The van der Waals surface area contributed by atoms with E-state index in [9.17, 15) is 8.42 Å². The van der Waals surface area contributed by atoms with Crippen molar-refractivity contribution in [1.82, 2.24) is 4.90 Å². The molecule has 4 N–H and O–H groups in total.